The lowest BCUT2D eigenvalue weighted by Gasteiger charge is -2.18. The highest BCUT2D eigenvalue weighted by molar-refractivity contribution is 5.71. The van der Waals surface area contributed by atoms with E-state index in [1.165, 1.54) is 38.5 Å². The fourth-order valence-electron chi connectivity index (χ4n) is 6.83. The fourth-order valence-corrected chi connectivity index (χ4v) is 6.83. The van der Waals surface area contributed by atoms with Crippen LogP contribution < -0.4 is 0 Å². The van der Waals surface area contributed by atoms with Crippen molar-refractivity contribution < 1.29 is 28.6 Å². The normalized spacial score (nSPS) is 13.0. The van der Waals surface area contributed by atoms with Gasteiger partial charge in [-0.15, -0.1) is 0 Å². The number of carbonyl (C=O) groups excluding carboxylic acids is 3. The van der Waals surface area contributed by atoms with E-state index in [-0.39, 0.29) is 37.5 Å². The van der Waals surface area contributed by atoms with Crippen molar-refractivity contribution in [2.45, 2.75) is 232 Å². The zero-order valence-corrected chi connectivity index (χ0v) is 42.0. The van der Waals surface area contributed by atoms with Gasteiger partial charge in [0.05, 0.1) is 0 Å². The van der Waals surface area contributed by atoms with Crippen LogP contribution in [0.3, 0.4) is 0 Å². The Morgan fingerprint density at radius 1 is 0.323 bits per heavy atom. The van der Waals surface area contributed by atoms with Gasteiger partial charge in [-0.25, -0.2) is 0 Å². The maximum absolute atomic E-state index is 12.8. The summed E-state index contributed by atoms with van der Waals surface area (Å²) in [6.45, 7) is 6.33. The molecule has 0 aromatic carbocycles. The Morgan fingerprint density at radius 3 is 0.969 bits per heavy atom. The van der Waals surface area contributed by atoms with Gasteiger partial charge in [-0.1, -0.05) is 194 Å². The summed E-state index contributed by atoms with van der Waals surface area (Å²) in [5, 5.41) is 0. The molecule has 0 rings (SSSR count). The maximum atomic E-state index is 12.8. The smallest absolute Gasteiger partial charge is 0.306 e. The van der Waals surface area contributed by atoms with Gasteiger partial charge < -0.3 is 14.2 Å². The van der Waals surface area contributed by atoms with Gasteiger partial charge in [-0.3, -0.25) is 14.4 Å². The lowest BCUT2D eigenvalue weighted by Crippen LogP contribution is -2.30. The molecule has 6 heteroatoms. The van der Waals surface area contributed by atoms with Gasteiger partial charge in [0, 0.05) is 19.3 Å². The standard InChI is InChI=1S/C59H96O6/c1-4-7-10-13-16-19-22-25-26-27-28-29-30-31-32-35-37-40-43-46-49-52-58(61)64-55-56(65-59(62)53-50-47-44-41-38-34-24-21-18-15-12-9-6-3)54-63-57(60)51-48-45-42-39-36-33-23-20-17-14-11-8-5-2/h7,9-10,12,16,18-21,23,25-26,28-29,31-32,34,38,56H,4-6,8,11,13-15,17,22,24,27,30,33,35-37,39-55H2,1-3H3/b10-7-,12-9-,19-16-,21-18-,23-20-,26-25-,29-28-,32-31-,38-34-. The molecule has 0 fully saturated rings. The third-order valence-corrected chi connectivity index (χ3v) is 10.7. The highest BCUT2D eigenvalue weighted by atomic mass is 16.6. The average molecular weight is 901 g/mol. The predicted octanol–water partition coefficient (Wildman–Crippen LogP) is 17.5. The number of esters is 3. The van der Waals surface area contributed by atoms with Gasteiger partial charge in [0.15, 0.2) is 6.10 Å². The van der Waals surface area contributed by atoms with Crippen molar-refractivity contribution in [1.29, 1.82) is 0 Å². The monoisotopic (exact) mass is 901 g/mol. The van der Waals surface area contributed by atoms with E-state index in [2.05, 4.69) is 130 Å². The first-order valence-electron chi connectivity index (χ1n) is 26.4. The first-order valence-corrected chi connectivity index (χ1v) is 26.4. The third kappa shape index (κ3) is 50.9. The Kier molecular flexibility index (Phi) is 49.5. The number of rotatable bonds is 46. The largest absolute Gasteiger partial charge is 0.462 e. The molecule has 0 aromatic heterocycles. The Balaban J connectivity index is 4.45. The van der Waals surface area contributed by atoms with E-state index in [4.69, 9.17) is 14.2 Å². The lowest BCUT2D eigenvalue weighted by molar-refractivity contribution is -0.167. The topological polar surface area (TPSA) is 78.9 Å². The lowest BCUT2D eigenvalue weighted by atomic mass is 10.1. The zero-order valence-electron chi connectivity index (χ0n) is 42.0. The van der Waals surface area contributed by atoms with E-state index in [1.54, 1.807) is 0 Å². The minimum atomic E-state index is -0.806. The van der Waals surface area contributed by atoms with Crippen LogP contribution in [0.1, 0.15) is 226 Å². The molecule has 0 radical (unpaired) electrons. The van der Waals surface area contributed by atoms with Crippen molar-refractivity contribution in [1.82, 2.24) is 0 Å². The molecular weight excluding hydrogens is 805 g/mol. The van der Waals surface area contributed by atoms with Gasteiger partial charge in [0.1, 0.15) is 13.2 Å². The highest BCUT2D eigenvalue weighted by Gasteiger charge is 2.19. The summed E-state index contributed by atoms with van der Waals surface area (Å²) in [5.41, 5.74) is 0. The number of allylic oxidation sites excluding steroid dienone is 18. The zero-order chi connectivity index (χ0) is 47.2. The van der Waals surface area contributed by atoms with Crippen molar-refractivity contribution >= 4 is 17.9 Å². The van der Waals surface area contributed by atoms with Crippen LogP contribution >= 0.6 is 0 Å². The second kappa shape index (κ2) is 52.7. The number of hydrogen-bond donors (Lipinski definition) is 0. The van der Waals surface area contributed by atoms with Crippen molar-refractivity contribution in [3.05, 3.63) is 109 Å². The van der Waals surface area contributed by atoms with Crippen molar-refractivity contribution in [2.24, 2.45) is 0 Å². The molecule has 0 amide bonds. The van der Waals surface area contributed by atoms with Crippen molar-refractivity contribution in [3.8, 4) is 0 Å². The number of hydrogen-bond acceptors (Lipinski definition) is 6. The Hall–Kier alpha value is -3.93. The Morgan fingerprint density at radius 2 is 0.600 bits per heavy atom. The molecule has 65 heavy (non-hydrogen) atoms. The van der Waals surface area contributed by atoms with Gasteiger partial charge in [-0.2, -0.15) is 0 Å². The molecule has 6 nitrogen and oxygen atoms in total. The molecule has 0 aliphatic heterocycles. The summed E-state index contributed by atoms with van der Waals surface area (Å²) in [7, 11) is 0. The minimum Gasteiger partial charge on any atom is -0.462 e. The van der Waals surface area contributed by atoms with E-state index in [0.717, 1.165) is 148 Å². The van der Waals surface area contributed by atoms with Crippen LogP contribution in [-0.4, -0.2) is 37.2 Å². The molecule has 368 valence electrons. The van der Waals surface area contributed by atoms with Gasteiger partial charge in [-0.05, 0) is 122 Å². The van der Waals surface area contributed by atoms with Crippen molar-refractivity contribution in [3.63, 3.8) is 0 Å². The van der Waals surface area contributed by atoms with E-state index in [1.807, 2.05) is 0 Å². The molecule has 0 N–H and O–H groups in total. The van der Waals surface area contributed by atoms with E-state index >= 15 is 0 Å². The van der Waals surface area contributed by atoms with Gasteiger partial charge in [0.25, 0.3) is 0 Å². The molecule has 0 aromatic rings. The molecule has 1 atom stereocenters. The summed E-state index contributed by atoms with van der Waals surface area (Å²) in [6, 6.07) is 0. The summed E-state index contributed by atoms with van der Waals surface area (Å²) in [6.07, 6.45) is 70.7. The summed E-state index contributed by atoms with van der Waals surface area (Å²) in [5.74, 6) is -0.965. The second-order valence-corrected chi connectivity index (χ2v) is 17.0. The van der Waals surface area contributed by atoms with Crippen LogP contribution in [0.2, 0.25) is 0 Å². The quantitative estimate of drug-likeness (QED) is 0.0262. The summed E-state index contributed by atoms with van der Waals surface area (Å²) in [4.78, 5) is 38.0. The summed E-state index contributed by atoms with van der Waals surface area (Å²) < 4.78 is 16.8. The van der Waals surface area contributed by atoms with Crippen LogP contribution in [0.25, 0.3) is 0 Å². The van der Waals surface area contributed by atoms with Crippen LogP contribution in [-0.2, 0) is 28.6 Å². The second-order valence-electron chi connectivity index (χ2n) is 17.0. The minimum absolute atomic E-state index is 0.103. The van der Waals surface area contributed by atoms with Crippen LogP contribution in [0.5, 0.6) is 0 Å². The van der Waals surface area contributed by atoms with Gasteiger partial charge >= 0.3 is 17.9 Å². The Labute approximate surface area is 400 Å². The molecule has 1 unspecified atom stereocenters. The van der Waals surface area contributed by atoms with Crippen LogP contribution in [0.15, 0.2) is 109 Å². The molecule has 0 saturated carbocycles. The molecule has 0 bridgehead atoms. The molecular formula is C59H96O6. The van der Waals surface area contributed by atoms with E-state index in [9.17, 15) is 14.4 Å². The molecule has 0 heterocycles. The van der Waals surface area contributed by atoms with Crippen molar-refractivity contribution in [2.75, 3.05) is 13.2 Å². The Bertz CT molecular complexity index is 1360. The first-order chi connectivity index (χ1) is 32.0. The van der Waals surface area contributed by atoms with E-state index in [0.29, 0.717) is 12.8 Å². The van der Waals surface area contributed by atoms with Crippen LogP contribution in [0.4, 0.5) is 0 Å². The SMILES string of the molecule is CC/C=C\C/C=C\C/C=C\C/C=C\C/C=C\CCCCCCCC(=O)OCC(COC(=O)CCCCCCC/C=C\CCCCCC)OC(=O)CCCCC/C=C\C/C=C\C/C=C\CC. The molecule has 0 spiro atoms. The molecule has 0 aliphatic carbocycles. The highest BCUT2D eigenvalue weighted by Crippen LogP contribution is 2.13. The molecule has 0 saturated heterocycles. The fraction of sp³-hybridized carbons (Fsp3) is 0.644. The number of unbranched alkanes of at least 4 members (excludes halogenated alkanes) is 17. The maximum Gasteiger partial charge on any atom is 0.306 e. The predicted molar refractivity (Wildman–Crippen MR) is 279 cm³/mol. The average Bonchev–Trinajstić information content (AvgIpc) is 3.30. The summed E-state index contributed by atoms with van der Waals surface area (Å²) >= 11 is 0. The first kappa shape index (κ1) is 61.1. The number of ether oxygens (including phenoxy) is 3. The van der Waals surface area contributed by atoms with Gasteiger partial charge in [0.2, 0.25) is 0 Å². The van der Waals surface area contributed by atoms with Crippen LogP contribution in [0, 0.1) is 0 Å². The number of carbonyl (C=O) groups is 3. The van der Waals surface area contributed by atoms with E-state index < -0.39 is 6.10 Å². The molecule has 0 aliphatic rings. The third-order valence-electron chi connectivity index (χ3n) is 10.7.